The fourth-order valence-corrected chi connectivity index (χ4v) is 2.14. The van der Waals surface area contributed by atoms with Crippen LogP contribution in [0.5, 0.6) is 17.2 Å². The summed E-state index contributed by atoms with van der Waals surface area (Å²) in [6, 6.07) is 7.50. The minimum Gasteiger partial charge on any atom is -0.493 e. The molecule has 5 nitrogen and oxygen atoms in total. The number of ether oxygens (including phenoxy) is 3. The van der Waals surface area contributed by atoms with Crippen molar-refractivity contribution in [2.75, 3.05) is 26.6 Å². The number of benzene rings is 1. The molecule has 0 saturated carbocycles. The quantitative estimate of drug-likeness (QED) is 0.883. The number of rotatable bonds is 5. The van der Waals surface area contributed by atoms with Gasteiger partial charge in [-0.05, 0) is 35.0 Å². The molecule has 1 N–H and O–H groups in total. The van der Waals surface area contributed by atoms with Gasteiger partial charge in [0.25, 0.3) is 0 Å². The number of nitrogens with one attached hydrogen (secondary N) is 1. The molecule has 0 amide bonds. The fraction of sp³-hybridized carbons (Fsp3) is 0.267. The summed E-state index contributed by atoms with van der Waals surface area (Å²) in [7, 11) is 4.75. The Hall–Kier alpha value is -1.95. The van der Waals surface area contributed by atoms with E-state index in [2.05, 4.69) is 26.2 Å². The Balaban J connectivity index is 2.37. The molecule has 0 aliphatic carbocycles. The number of pyridine rings is 1. The highest BCUT2D eigenvalue weighted by molar-refractivity contribution is 9.10. The van der Waals surface area contributed by atoms with Crippen molar-refractivity contribution in [1.82, 2.24) is 4.98 Å². The van der Waals surface area contributed by atoms with Crippen molar-refractivity contribution in [3.05, 3.63) is 34.4 Å². The first-order valence-corrected chi connectivity index (χ1v) is 7.08. The lowest BCUT2D eigenvalue weighted by atomic mass is 10.2. The van der Waals surface area contributed by atoms with Gasteiger partial charge < -0.3 is 19.5 Å². The first-order chi connectivity index (χ1) is 10.1. The largest absolute Gasteiger partial charge is 0.493 e. The molecule has 6 heteroatoms. The third-order valence-electron chi connectivity index (χ3n) is 2.96. The Bertz CT molecular complexity index is 622. The van der Waals surface area contributed by atoms with Gasteiger partial charge >= 0.3 is 0 Å². The van der Waals surface area contributed by atoms with Crippen molar-refractivity contribution in [2.24, 2.45) is 0 Å². The van der Waals surface area contributed by atoms with Gasteiger partial charge in [0.1, 0.15) is 5.82 Å². The van der Waals surface area contributed by atoms with Gasteiger partial charge in [-0.25, -0.2) is 4.98 Å². The average molecular weight is 353 g/mol. The molecule has 0 fully saturated rings. The summed E-state index contributed by atoms with van der Waals surface area (Å²) >= 11 is 3.43. The summed E-state index contributed by atoms with van der Waals surface area (Å²) in [4.78, 5) is 4.45. The van der Waals surface area contributed by atoms with E-state index in [1.54, 1.807) is 21.3 Å². The van der Waals surface area contributed by atoms with E-state index in [-0.39, 0.29) is 0 Å². The number of aryl methyl sites for hydroxylation is 1. The van der Waals surface area contributed by atoms with E-state index < -0.39 is 0 Å². The van der Waals surface area contributed by atoms with E-state index >= 15 is 0 Å². The number of halogens is 1. The minimum absolute atomic E-state index is 0.561. The van der Waals surface area contributed by atoms with Crippen LogP contribution >= 0.6 is 15.9 Å². The summed E-state index contributed by atoms with van der Waals surface area (Å²) < 4.78 is 16.9. The van der Waals surface area contributed by atoms with Crippen LogP contribution in [-0.4, -0.2) is 26.3 Å². The van der Waals surface area contributed by atoms with Crippen LogP contribution in [0.15, 0.2) is 28.7 Å². The van der Waals surface area contributed by atoms with E-state index in [0.717, 1.165) is 21.7 Å². The van der Waals surface area contributed by atoms with E-state index in [4.69, 9.17) is 14.2 Å². The molecule has 0 aliphatic heterocycles. The Kier molecular flexibility index (Phi) is 4.90. The summed E-state index contributed by atoms with van der Waals surface area (Å²) in [6.45, 7) is 1.93. The summed E-state index contributed by atoms with van der Waals surface area (Å²) in [5.74, 6) is 2.48. The smallest absolute Gasteiger partial charge is 0.203 e. The molecule has 2 aromatic rings. The SMILES string of the molecule is COc1cc(Nc2ccc(Br)c(C)n2)cc(OC)c1OC. The van der Waals surface area contributed by atoms with E-state index in [1.807, 2.05) is 31.2 Å². The number of anilines is 2. The molecular weight excluding hydrogens is 336 g/mol. The van der Waals surface area contributed by atoms with Crippen LogP contribution in [0.2, 0.25) is 0 Å². The zero-order chi connectivity index (χ0) is 15.4. The number of methoxy groups -OCH3 is 3. The highest BCUT2D eigenvalue weighted by atomic mass is 79.9. The molecule has 0 aliphatic rings. The molecule has 0 radical (unpaired) electrons. The molecule has 1 heterocycles. The van der Waals surface area contributed by atoms with Gasteiger partial charge in [-0.2, -0.15) is 0 Å². The maximum absolute atomic E-state index is 5.33. The summed E-state index contributed by atoms with van der Waals surface area (Å²) in [5.41, 5.74) is 1.71. The van der Waals surface area contributed by atoms with Gasteiger partial charge in [0, 0.05) is 22.3 Å². The third-order valence-corrected chi connectivity index (χ3v) is 3.80. The Morgan fingerprint density at radius 3 is 2.10 bits per heavy atom. The zero-order valence-electron chi connectivity index (χ0n) is 12.4. The molecule has 2 rings (SSSR count). The van der Waals surface area contributed by atoms with Gasteiger partial charge in [0.05, 0.1) is 27.0 Å². The Morgan fingerprint density at radius 1 is 1.00 bits per heavy atom. The highest BCUT2D eigenvalue weighted by Crippen LogP contribution is 2.40. The Morgan fingerprint density at radius 2 is 1.62 bits per heavy atom. The molecular formula is C15H17BrN2O3. The maximum atomic E-state index is 5.33. The molecule has 1 aromatic carbocycles. The van der Waals surface area contributed by atoms with Crippen molar-refractivity contribution >= 4 is 27.4 Å². The van der Waals surface area contributed by atoms with Crippen LogP contribution in [0.3, 0.4) is 0 Å². The second-order valence-electron chi connectivity index (χ2n) is 4.30. The molecule has 0 saturated heterocycles. The van der Waals surface area contributed by atoms with Gasteiger partial charge in [-0.15, -0.1) is 0 Å². The van der Waals surface area contributed by atoms with Crippen molar-refractivity contribution < 1.29 is 14.2 Å². The first kappa shape index (κ1) is 15.4. The van der Waals surface area contributed by atoms with Gasteiger partial charge in [0.2, 0.25) is 5.75 Å². The molecule has 0 unspecified atom stereocenters. The van der Waals surface area contributed by atoms with Gasteiger partial charge in [0.15, 0.2) is 11.5 Å². The first-order valence-electron chi connectivity index (χ1n) is 6.29. The lowest BCUT2D eigenvalue weighted by Gasteiger charge is -2.15. The zero-order valence-corrected chi connectivity index (χ0v) is 13.9. The van der Waals surface area contributed by atoms with E-state index in [1.165, 1.54) is 0 Å². The van der Waals surface area contributed by atoms with Crippen LogP contribution in [0.25, 0.3) is 0 Å². The van der Waals surface area contributed by atoms with E-state index in [0.29, 0.717) is 17.2 Å². The fourth-order valence-electron chi connectivity index (χ4n) is 1.91. The number of nitrogens with zero attached hydrogens (tertiary/aromatic N) is 1. The van der Waals surface area contributed by atoms with Gasteiger partial charge in [-0.1, -0.05) is 0 Å². The molecule has 1 aromatic heterocycles. The van der Waals surface area contributed by atoms with Crippen LogP contribution in [0.1, 0.15) is 5.69 Å². The topological polar surface area (TPSA) is 52.6 Å². The van der Waals surface area contributed by atoms with Crippen molar-refractivity contribution in [2.45, 2.75) is 6.92 Å². The predicted octanol–water partition coefficient (Wildman–Crippen LogP) is 3.92. The molecule has 112 valence electrons. The summed E-state index contributed by atoms with van der Waals surface area (Å²) in [5, 5.41) is 3.23. The Labute approximate surface area is 132 Å². The van der Waals surface area contributed by atoms with Crippen LogP contribution in [-0.2, 0) is 0 Å². The predicted molar refractivity (Wildman–Crippen MR) is 86.1 cm³/mol. The lowest BCUT2D eigenvalue weighted by molar-refractivity contribution is 0.324. The third kappa shape index (κ3) is 3.39. The van der Waals surface area contributed by atoms with Crippen LogP contribution in [0.4, 0.5) is 11.5 Å². The average Bonchev–Trinajstić information content (AvgIpc) is 2.49. The molecule has 0 atom stereocenters. The standard InChI is InChI=1S/C15H17BrN2O3/c1-9-11(16)5-6-14(17-9)18-10-7-12(19-2)15(21-4)13(8-10)20-3/h5-8H,1-4H3,(H,17,18). The van der Waals surface area contributed by atoms with Crippen LogP contribution in [0, 0.1) is 6.92 Å². The van der Waals surface area contributed by atoms with Crippen LogP contribution < -0.4 is 19.5 Å². The second-order valence-corrected chi connectivity index (χ2v) is 5.16. The minimum atomic E-state index is 0.561. The van der Waals surface area contributed by atoms with Crippen molar-refractivity contribution in [3.8, 4) is 17.2 Å². The molecule has 0 spiro atoms. The second kappa shape index (κ2) is 6.67. The van der Waals surface area contributed by atoms with E-state index in [9.17, 15) is 0 Å². The highest BCUT2D eigenvalue weighted by Gasteiger charge is 2.13. The normalized spacial score (nSPS) is 10.1. The number of hydrogen-bond donors (Lipinski definition) is 1. The lowest BCUT2D eigenvalue weighted by Crippen LogP contribution is -1.99. The number of hydrogen-bond acceptors (Lipinski definition) is 5. The maximum Gasteiger partial charge on any atom is 0.203 e. The molecule has 21 heavy (non-hydrogen) atoms. The molecule has 0 bridgehead atoms. The monoisotopic (exact) mass is 352 g/mol. The number of aromatic nitrogens is 1. The van der Waals surface area contributed by atoms with Crippen molar-refractivity contribution in [3.63, 3.8) is 0 Å². The summed E-state index contributed by atoms with van der Waals surface area (Å²) in [6.07, 6.45) is 0. The van der Waals surface area contributed by atoms with Gasteiger partial charge in [-0.3, -0.25) is 0 Å². The van der Waals surface area contributed by atoms with Crippen molar-refractivity contribution in [1.29, 1.82) is 0 Å².